The highest BCUT2D eigenvalue weighted by molar-refractivity contribution is 6.20. The molecule has 178 valence electrons. The van der Waals surface area contributed by atoms with Gasteiger partial charge < -0.3 is 23.8 Å². The second-order valence-corrected chi connectivity index (χ2v) is 8.12. The number of alkyl halides is 3. The van der Waals surface area contributed by atoms with Crippen LogP contribution in [0.25, 0.3) is 21.5 Å². The van der Waals surface area contributed by atoms with E-state index in [2.05, 4.69) is 0 Å². The number of ketones is 1. The van der Waals surface area contributed by atoms with Crippen LogP contribution < -0.4 is 18.9 Å². The van der Waals surface area contributed by atoms with Gasteiger partial charge >= 0.3 is 12.1 Å². The van der Waals surface area contributed by atoms with E-state index in [0.29, 0.717) is 50.5 Å². The molecule has 1 fully saturated rings. The molecule has 5 rings (SSSR count). The van der Waals surface area contributed by atoms with Gasteiger partial charge in [-0.2, -0.15) is 13.2 Å². The predicted octanol–water partition coefficient (Wildman–Crippen LogP) is 4.47. The number of benzene rings is 3. The third-order valence-electron chi connectivity index (χ3n) is 6.27. The number of fused-ring (bicyclic) bond motifs is 4. The van der Waals surface area contributed by atoms with Crippen LogP contribution in [0.3, 0.4) is 0 Å². The number of methoxy groups -OCH3 is 2. The summed E-state index contributed by atoms with van der Waals surface area (Å²) >= 11 is 0. The Bertz CT molecular complexity index is 1340. The fraction of sp³-hybridized carbons (Fsp3) is 0.333. The maximum absolute atomic E-state index is 13.6. The van der Waals surface area contributed by atoms with Crippen LogP contribution in [0.1, 0.15) is 23.2 Å². The van der Waals surface area contributed by atoms with Crippen molar-refractivity contribution in [1.82, 2.24) is 4.90 Å². The molecule has 3 aromatic rings. The molecule has 0 spiro atoms. The highest BCUT2D eigenvalue weighted by atomic mass is 19.4. The Kier molecular flexibility index (Phi) is 5.18. The molecule has 1 amide bonds. The molecule has 2 heterocycles. The summed E-state index contributed by atoms with van der Waals surface area (Å²) in [5, 5.41) is 2.48. The van der Waals surface area contributed by atoms with Gasteiger partial charge in [-0.05, 0) is 64.7 Å². The maximum Gasteiger partial charge on any atom is 0.471 e. The lowest BCUT2D eigenvalue weighted by molar-refractivity contribution is -0.185. The molecule has 0 unspecified atom stereocenters. The lowest BCUT2D eigenvalue weighted by Gasteiger charge is -2.25. The summed E-state index contributed by atoms with van der Waals surface area (Å²) < 4.78 is 61.2. The molecule has 2 aliphatic heterocycles. The van der Waals surface area contributed by atoms with Gasteiger partial charge in [0.2, 0.25) is 6.79 Å². The summed E-state index contributed by atoms with van der Waals surface area (Å²) in [5.41, 5.74) is 0.189. The lowest BCUT2D eigenvalue weighted by Crippen LogP contribution is -2.46. The summed E-state index contributed by atoms with van der Waals surface area (Å²) in [6.45, 7) is -0.0702. The molecule has 0 radical (unpaired) electrons. The number of ether oxygens (including phenoxy) is 4. The molecule has 1 saturated heterocycles. The van der Waals surface area contributed by atoms with Gasteiger partial charge in [0.1, 0.15) is 0 Å². The molecule has 0 aromatic heterocycles. The van der Waals surface area contributed by atoms with Crippen LogP contribution >= 0.6 is 0 Å². The first-order valence-corrected chi connectivity index (χ1v) is 10.6. The van der Waals surface area contributed by atoms with Crippen molar-refractivity contribution in [3.8, 4) is 23.0 Å². The third kappa shape index (κ3) is 3.44. The van der Waals surface area contributed by atoms with E-state index in [4.69, 9.17) is 18.9 Å². The van der Waals surface area contributed by atoms with E-state index >= 15 is 0 Å². The van der Waals surface area contributed by atoms with Crippen molar-refractivity contribution >= 4 is 33.2 Å². The molecule has 0 saturated carbocycles. The average Bonchev–Trinajstić information content (AvgIpc) is 3.49. The number of carbonyl (C=O) groups is 2. The van der Waals surface area contributed by atoms with Crippen molar-refractivity contribution in [2.75, 3.05) is 27.6 Å². The van der Waals surface area contributed by atoms with E-state index in [1.807, 2.05) is 0 Å². The predicted molar refractivity (Wildman–Crippen MR) is 116 cm³/mol. The standard InChI is InChI=1S/C24H20F3NO6/c1-31-18-9-14-13-8-21-20(33-11-34-21)7-12(13)6-16(15(14)10-19(18)32-2)22(29)17-4-3-5-28(17)23(30)24(25,26)27/h6-10,17H,3-5,11H2,1-2H3/t17-/m0/s1. The van der Waals surface area contributed by atoms with E-state index in [1.165, 1.54) is 14.2 Å². The minimum atomic E-state index is -5.05. The summed E-state index contributed by atoms with van der Waals surface area (Å²) in [5.74, 6) is -0.740. The normalized spacial score (nSPS) is 17.4. The van der Waals surface area contributed by atoms with Crippen LogP contribution in [0.2, 0.25) is 0 Å². The molecule has 7 nitrogen and oxygen atoms in total. The van der Waals surface area contributed by atoms with Crippen LogP contribution in [0.5, 0.6) is 23.0 Å². The molecular weight excluding hydrogens is 455 g/mol. The van der Waals surface area contributed by atoms with Crippen LogP contribution in [-0.4, -0.2) is 56.4 Å². The number of rotatable bonds is 4. The number of nitrogens with zero attached hydrogens (tertiary/aromatic N) is 1. The van der Waals surface area contributed by atoms with Crippen molar-refractivity contribution in [1.29, 1.82) is 0 Å². The van der Waals surface area contributed by atoms with Crippen molar-refractivity contribution in [2.45, 2.75) is 25.1 Å². The van der Waals surface area contributed by atoms with E-state index in [9.17, 15) is 22.8 Å². The molecular formula is C24H20F3NO6. The van der Waals surface area contributed by atoms with E-state index in [1.54, 1.807) is 30.3 Å². The minimum Gasteiger partial charge on any atom is -0.493 e. The highest BCUT2D eigenvalue weighted by Crippen LogP contribution is 2.43. The Morgan fingerprint density at radius 1 is 0.941 bits per heavy atom. The lowest BCUT2D eigenvalue weighted by atomic mass is 9.91. The highest BCUT2D eigenvalue weighted by Gasteiger charge is 2.48. The molecule has 10 heteroatoms. The summed E-state index contributed by atoms with van der Waals surface area (Å²) in [7, 11) is 2.93. The number of likely N-dealkylation sites (tertiary alicyclic amines) is 1. The second kappa shape index (κ2) is 7.96. The number of hydrogen-bond acceptors (Lipinski definition) is 6. The van der Waals surface area contributed by atoms with Gasteiger partial charge in [-0.1, -0.05) is 0 Å². The number of hydrogen-bond donors (Lipinski definition) is 0. The Hall–Kier alpha value is -3.69. The fourth-order valence-electron chi connectivity index (χ4n) is 4.70. The van der Waals surface area contributed by atoms with E-state index < -0.39 is 23.9 Å². The van der Waals surface area contributed by atoms with Crippen molar-refractivity contribution in [3.63, 3.8) is 0 Å². The van der Waals surface area contributed by atoms with Gasteiger partial charge in [-0.25, -0.2) is 0 Å². The smallest absolute Gasteiger partial charge is 0.471 e. The van der Waals surface area contributed by atoms with Gasteiger partial charge in [0.05, 0.1) is 20.3 Å². The SMILES string of the molecule is COc1cc2c(C(=O)[C@@H]3CCCN3C(=O)C(F)(F)F)cc3cc4c(cc3c2cc1OC)OCO4. The second-order valence-electron chi connectivity index (χ2n) is 8.12. The molecule has 0 aliphatic carbocycles. The minimum absolute atomic E-state index is 0.0586. The van der Waals surface area contributed by atoms with Gasteiger partial charge in [-0.15, -0.1) is 0 Å². The number of Topliss-reactive ketones (excluding diaryl/α,β-unsaturated/α-hetero) is 1. The van der Waals surface area contributed by atoms with Gasteiger partial charge in [0.15, 0.2) is 28.8 Å². The van der Waals surface area contributed by atoms with Crippen molar-refractivity contribution in [2.24, 2.45) is 0 Å². The molecule has 0 N–H and O–H groups in total. The summed E-state index contributed by atoms with van der Waals surface area (Å²) in [4.78, 5) is 26.3. The Morgan fingerprint density at radius 3 is 2.24 bits per heavy atom. The van der Waals surface area contributed by atoms with E-state index in [0.717, 1.165) is 5.39 Å². The first-order chi connectivity index (χ1) is 16.2. The Balaban J connectivity index is 1.73. The zero-order valence-corrected chi connectivity index (χ0v) is 18.3. The zero-order chi connectivity index (χ0) is 24.2. The zero-order valence-electron chi connectivity index (χ0n) is 18.3. The fourth-order valence-corrected chi connectivity index (χ4v) is 4.70. The van der Waals surface area contributed by atoms with Crippen LogP contribution in [0.4, 0.5) is 13.2 Å². The molecule has 34 heavy (non-hydrogen) atoms. The van der Waals surface area contributed by atoms with Gasteiger partial charge in [0, 0.05) is 12.1 Å². The summed E-state index contributed by atoms with van der Waals surface area (Å²) in [6.07, 6.45) is -4.60. The number of amides is 1. The Labute approximate surface area is 191 Å². The quantitative estimate of drug-likeness (QED) is 0.409. The maximum atomic E-state index is 13.6. The van der Waals surface area contributed by atoms with Gasteiger partial charge in [-0.3, -0.25) is 9.59 Å². The number of carbonyl (C=O) groups excluding carboxylic acids is 2. The molecule has 2 aliphatic rings. The van der Waals surface area contributed by atoms with E-state index in [-0.39, 0.29) is 25.3 Å². The molecule has 1 atom stereocenters. The summed E-state index contributed by atoms with van der Waals surface area (Å²) in [6, 6.07) is 7.24. The largest absolute Gasteiger partial charge is 0.493 e. The average molecular weight is 475 g/mol. The van der Waals surface area contributed by atoms with Crippen LogP contribution in [0, 0.1) is 0 Å². The van der Waals surface area contributed by atoms with Gasteiger partial charge in [0.25, 0.3) is 0 Å². The van der Waals surface area contributed by atoms with Crippen LogP contribution in [-0.2, 0) is 4.79 Å². The first-order valence-electron chi connectivity index (χ1n) is 10.6. The monoisotopic (exact) mass is 475 g/mol. The molecule has 3 aromatic carbocycles. The topological polar surface area (TPSA) is 74.3 Å². The van der Waals surface area contributed by atoms with Crippen molar-refractivity contribution in [3.05, 3.63) is 35.9 Å². The first kappa shape index (κ1) is 22.1. The van der Waals surface area contributed by atoms with Crippen LogP contribution in [0.15, 0.2) is 30.3 Å². The molecule has 0 bridgehead atoms. The third-order valence-corrected chi connectivity index (χ3v) is 6.27. The van der Waals surface area contributed by atoms with Crippen molar-refractivity contribution < 1.29 is 41.7 Å². The number of halogens is 3. The Morgan fingerprint density at radius 2 is 1.59 bits per heavy atom.